The monoisotopic (exact) mass is 480 g/mol. The molecule has 1 N–H and O–H groups in total. The fourth-order valence-electron chi connectivity index (χ4n) is 4.33. The summed E-state index contributed by atoms with van der Waals surface area (Å²) in [6.07, 6.45) is 7.94. The minimum atomic E-state index is -0.751. The van der Waals surface area contributed by atoms with Crippen molar-refractivity contribution in [1.29, 1.82) is 0 Å². The van der Waals surface area contributed by atoms with Crippen molar-refractivity contribution in [3.05, 3.63) is 11.5 Å². The lowest BCUT2D eigenvalue weighted by molar-refractivity contribution is -0.0173. The summed E-state index contributed by atoms with van der Waals surface area (Å²) in [5, 5.41) is 0. The third-order valence-corrected chi connectivity index (χ3v) is 7.29. The summed E-state index contributed by atoms with van der Waals surface area (Å²) in [6, 6.07) is -0.0763. The van der Waals surface area contributed by atoms with E-state index in [0.717, 1.165) is 51.4 Å². The smallest absolute Gasteiger partial charge is 0.447 e. The summed E-state index contributed by atoms with van der Waals surface area (Å²) in [5.41, 5.74) is 2.58. The van der Waals surface area contributed by atoms with Crippen LogP contribution in [0.4, 0.5) is 9.59 Å². The summed E-state index contributed by atoms with van der Waals surface area (Å²) < 4.78 is 23.5. The molecule has 192 valence electrons. The van der Waals surface area contributed by atoms with Crippen LogP contribution in [0.5, 0.6) is 0 Å². The predicted molar refractivity (Wildman–Crippen MR) is 128 cm³/mol. The Labute approximate surface area is 203 Å². The zero-order valence-electron chi connectivity index (χ0n) is 21.4. The molecule has 2 saturated heterocycles. The van der Waals surface area contributed by atoms with Crippen molar-refractivity contribution < 1.29 is 33.2 Å². The molecule has 3 rings (SSSR count). The van der Waals surface area contributed by atoms with Crippen molar-refractivity contribution in [3.63, 3.8) is 0 Å². The molecule has 0 aromatic rings. The minimum absolute atomic E-state index is 0.0763. The van der Waals surface area contributed by atoms with Crippen LogP contribution < -0.4 is 5.48 Å². The van der Waals surface area contributed by atoms with E-state index in [1.807, 2.05) is 6.92 Å². The van der Waals surface area contributed by atoms with E-state index in [1.54, 1.807) is 4.90 Å². The Hall–Kier alpha value is -1.78. The molecule has 1 aliphatic carbocycles. The van der Waals surface area contributed by atoms with Crippen LogP contribution in [-0.4, -0.2) is 67.3 Å². The predicted octanol–water partition coefficient (Wildman–Crippen LogP) is 4.55. The third kappa shape index (κ3) is 6.89. The second-order valence-corrected chi connectivity index (χ2v) is 10.4. The fourth-order valence-corrected chi connectivity index (χ4v) is 4.33. The average Bonchev–Trinajstić information content (AvgIpc) is 3.03. The van der Waals surface area contributed by atoms with Crippen LogP contribution in [0.15, 0.2) is 11.5 Å². The molecule has 0 aromatic carbocycles. The van der Waals surface area contributed by atoms with Crippen molar-refractivity contribution in [2.75, 3.05) is 19.8 Å². The van der Waals surface area contributed by atoms with Gasteiger partial charge in [0.1, 0.15) is 0 Å². The van der Waals surface area contributed by atoms with E-state index in [1.165, 1.54) is 5.47 Å². The van der Waals surface area contributed by atoms with Crippen LogP contribution in [0.2, 0.25) is 0 Å². The van der Waals surface area contributed by atoms with E-state index in [-0.39, 0.29) is 30.5 Å². The lowest BCUT2D eigenvalue weighted by Gasteiger charge is -2.35. The number of allylic oxidation sites excluding steroid dienone is 1. The van der Waals surface area contributed by atoms with Gasteiger partial charge in [-0.1, -0.05) is 19.4 Å². The average molecular weight is 480 g/mol. The molecule has 2 atom stereocenters. The molecule has 0 bridgehead atoms. The van der Waals surface area contributed by atoms with Gasteiger partial charge in [-0.3, -0.25) is 0 Å². The minimum Gasteiger partial charge on any atom is -0.447 e. The number of hydrogen-bond donors (Lipinski definition) is 1. The van der Waals surface area contributed by atoms with Gasteiger partial charge in [0.2, 0.25) is 0 Å². The first-order valence-electron chi connectivity index (χ1n) is 12.7. The number of nitrogens with zero attached hydrogens (tertiary/aromatic N) is 1. The fraction of sp³-hybridized carbons (Fsp3) is 0.833. The van der Waals surface area contributed by atoms with E-state index >= 15 is 0 Å². The zero-order chi connectivity index (χ0) is 24.8. The molecular weight excluding hydrogens is 439 g/mol. The molecule has 0 spiro atoms. The molecule has 0 saturated carbocycles. The number of nitrogens with one attached hydrogen (secondary N) is 1. The second-order valence-electron chi connectivity index (χ2n) is 10.4. The van der Waals surface area contributed by atoms with Crippen molar-refractivity contribution in [3.8, 4) is 0 Å². The first kappa shape index (κ1) is 26.8. The number of unbranched alkanes of at least 4 members (excludes halogenated alkanes) is 1. The van der Waals surface area contributed by atoms with E-state index in [4.69, 9.17) is 23.6 Å². The summed E-state index contributed by atoms with van der Waals surface area (Å²) in [6.45, 7) is 11.6. The Bertz CT molecular complexity index is 727. The molecular formula is C24H41BN2O7. The van der Waals surface area contributed by atoms with Gasteiger partial charge < -0.3 is 28.5 Å². The Balaban J connectivity index is 1.43. The second kappa shape index (κ2) is 11.8. The zero-order valence-corrected chi connectivity index (χ0v) is 21.4. The Morgan fingerprint density at radius 1 is 1.18 bits per heavy atom. The normalized spacial score (nSPS) is 26.1. The van der Waals surface area contributed by atoms with Gasteiger partial charge >= 0.3 is 19.3 Å². The highest BCUT2D eigenvalue weighted by Gasteiger charge is 2.52. The van der Waals surface area contributed by atoms with Crippen molar-refractivity contribution in [1.82, 2.24) is 10.4 Å². The molecule has 0 radical (unpaired) electrons. The first-order chi connectivity index (χ1) is 16.1. The van der Waals surface area contributed by atoms with E-state index in [2.05, 4.69) is 39.3 Å². The Morgan fingerprint density at radius 3 is 2.56 bits per heavy atom. The van der Waals surface area contributed by atoms with Gasteiger partial charge in [-0.2, -0.15) is 0 Å². The quantitative estimate of drug-likeness (QED) is 0.325. The van der Waals surface area contributed by atoms with Crippen molar-refractivity contribution >= 4 is 19.3 Å². The SMILES string of the molecule is CCCCOC(=O)NOC(=O)N1CCCCC1COC1CC=C(B2OC(C)(C)C(C)(C)O2)CC1. The number of amides is 2. The van der Waals surface area contributed by atoms with Crippen LogP contribution in [-0.2, 0) is 23.6 Å². The molecule has 0 aromatic heterocycles. The van der Waals surface area contributed by atoms with E-state index < -0.39 is 12.2 Å². The lowest BCUT2D eigenvalue weighted by atomic mass is 9.72. The number of carbonyl (C=O) groups excluding carboxylic acids is 2. The molecule has 2 unspecified atom stereocenters. The van der Waals surface area contributed by atoms with Gasteiger partial charge in [0.05, 0.1) is 36.6 Å². The summed E-state index contributed by atoms with van der Waals surface area (Å²) in [4.78, 5) is 30.8. The van der Waals surface area contributed by atoms with E-state index in [0.29, 0.717) is 19.8 Å². The Kier molecular flexibility index (Phi) is 9.29. The van der Waals surface area contributed by atoms with Crippen LogP contribution in [0, 0.1) is 0 Å². The molecule has 9 nitrogen and oxygen atoms in total. The summed E-state index contributed by atoms with van der Waals surface area (Å²) in [5.74, 6) is 0. The number of carbonyl (C=O) groups is 2. The molecule has 2 heterocycles. The Morgan fingerprint density at radius 2 is 1.91 bits per heavy atom. The van der Waals surface area contributed by atoms with Crippen LogP contribution in [0.1, 0.15) is 86.0 Å². The molecule has 34 heavy (non-hydrogen) atoms. The van der Waals surface area contributed by atoms with Gasteiger partial charge in [0.15, 0.2) is 0 Å². The topological polar surface area (TPSA) is 95.6 Å². The first-order valence-corrected chi connectivity index (χ1v) is 12.7. The maximum atomic E-state index is 12.5. The summed E-state index contributed by atoms with van der Waals surface area (Å²) >= 11 is 0. The number of hydrogen-bond acceptors (Lipinski definition) is 7. The third-order valence-electron chi connectivity index (χ3n) is 7.29. The molecule has 2 amide bonds. The molecule has 2 fully saturated rings. The highest BCUT2D eigenvalue weighted by molar-refractivity contribution is 6.54. The number of rotatable bonds is 7. The van der Waals surface area contributed by atoms with Crippen LogP contribution >= 0.6 is 0 Å². The number of ether oxygens (including phenoxy) is 2. The van der Waals surface area contributed by atoms with Crippen molar-refractivity contribution in [2.24, 2.45) is 0 Å². The lowest BCUT2D eigenvalue weighted by Crippen LogP contribution is -2.48. The largest absolute Gasteiger partial charge is 0.490 e. The molecule has 10 heteroatoms. The molecule has 2 aliphatic heterocycles. The number of likely N-dealkylation sites (tertiary alicyclic amines) is 1. The highest BCUT2D eigenvalue weighted by Crippen LogP contribution is 2.40. The van der Waals surface area contributed by atoms with Gasteiger partial charge in [0.25, 0.3) is 0 Å². The molecule has 3 aliphatic rings. The van der Waals surface area contributed by atoms with Crippen molar-refractivity contribution in [2.45, 2.75) is 109 Å². The van der Waals surface area contributed by atoms with Gasteiger partial charge in [0, 0.05) is 6.54 Å². The van der Waals surface area contributed by atoms with Gasteiger partial charge in [-0.05, 0) is 78.1 Å². The number of piperidine rings is 1. The standard InChI is InChI=1S/C24H41BN2O7/c1-6-7-16-30-21(28)26-32-22(29)27-15-9-8-10-19(27)17-31-20-13-11-18(12-14-20)25-33-23(2,3)24(4,5)34-25/h11,19-20H,6-10,12-17H2,1-5H3,(H,26,28). The van der Waals surface area contributed by atoms with Gasteiger partial charge in [-0.15, -0.1) is 5.48 Å². The number of hydroxylamine groups is 1. The van der Waals surface area contributed by atoms with Crippen LogP contribution in [0.25, 0.3) is 0 Å². The van der Waals surface area contributed by atoms with E-state index in [9.17, 15) is 9.59 Å². The maximum absolute atomic E-state index is 12.5. The van der Waals surface area contributed by atoms with Gasteiger partial charge in [-0.25, -0.2) is 9.59 Å². The highest BCUT2D eigenvalue weighted by atomic mass is 16.7. The maximum Gasteiger partial charge on any atom is 0.490 e. The summed E-state index contributed by atoms with van der Waals surface area (Å²) in [7, 11) is -0.296. The van der Waals surface area contributed by atoms with Crippen LogP contribution in [0.3, 0.4) is 0 Å².